The fourth-order valence-electron chi connectivity index (χ4n) is 4.37. The van der Waals surface area contributed by atoms with Crippen molar-refractivity contribution in [3.63, 3.8) is 0 Å². The van der Waals surface area contributed by atoms with Crippen molar-refractivity contribution in [2.24, 2.45) is 0 Å². The van der Waals surface area contributed by atoms with Crippen molar-refractivity contribution in [2.75, 3.05) is 37.4 Å². The number of nitrogens with zero attached hydrogens (tertiary/aromatic N) is 3. The van der Waals surface area contributed by atoms with Gasteiger partial charge in [0.1, 0.15) is 23.5 Å². The van der Waals surface area contributed by atoms with E-state index in [1.165, 1.54) is 0 Å². The van der Waals surface area contributed by atoms with Gasteiger partial charge in [0.25, 0.3) is 0 Å². The van der Waals surface area contributed by atoms with Gasteiger partial charge in [0, 0.05) is 31.2 Å². The van der Waals surface area contributed by atoms with Crippen LogP contribution in [0.1, 0.15) is 37.3 Å². The van der Waals surface area contributed by atoms with E-state index in [4.69, 9.17) is 20.2 Å². The van der Waals surface area contributed by atoms with E-state index in [0.717, 1.165) is 74.6 Å². The normalized spacial score (nSPS) is 17.6. The maximum absolute atomic E-state index is 6.31. The van der Waals surface area contributed by atoms with E-state index in [2.05, 4.69) is 20.6 Å². The largest absolute Gasteiger partial charge is 0.488 e. The van der Waals surface area contributed by atoms with Crippen LogP contribution < -0.4 is 21.1 Å². The topological polar surface area (TPSA) is 107 Å². The third kappa shape index (κ3) is 5.40. The highest BCUT2D eigenvalue weighted by Gasteiger charge is 2.18. The van der Waals surface area contributed by atoms with Crippen LogP contribution in [0.25, 0.3) is 11.1 Å². The predicted octanol–water partition coefficient (Wildman–Crippen LogP) is 3.89. The molecule has 33 heavy (non-hydrogen) atoms. The van der Waals surface area contributed by atoms with Crippen molar-refractivity contribution in [1.82, 2.24) is 20.3 Å². The molecule has 2 aliphatic heterocycles. The average Bonchev–Trinajstić information content (AvgIpc) is 2.87. The molecule has 0 radical (unpaired) electrons. The smallest absolute Gasteiger partial charge is 0.150 e. The van der Waals surface area contributed by atoms with Crippen LogP contribution in [0.5, 0.6) is 5.75 Å². The Kier molecular flexibility index (Phi) is 6.64. The van der Waals surface area contributed by atoms with Crippen molar-refractivity contribution < 1.29 is 9.47 Å². The van der Waals surface area contributed by atoms with Gasteiger partial charge in [-0.25, -0.2) is 9.97 Å². The van der Waals surface area contributed by atoms with Crippen LogP contribution in [-0.4, -0.2) is 47.4 Å². The van der Waals surface area contributed by atoms with E-state index in [1.54, 1.807) is 12.4 Å². The molecule has 0 amide bonds. The van der Waals surface area contributed by atoms with Gasteiger partial charge >= 0.3 is 0 Å². The molecular formula is C25H30N6O2. The maximum Gasteiger partial charge on any atom is 0.150 e. The van der Waals surface area contributed by atoms with Crippen LogP contribution in [0.15, 0.2) is 48.9 Å². The van der Waals surface area contributed by atoms with Crippen molar-refractivity contribution in [1.29, 1.82) is 0 Å². The van der Waals surface area contributed by atoms with Gasteiger partial charge < -0.3 is 25.8 Å². The van der Waals surface area contributed by atoms with E-state index in [0.29, 0.717) is 23.2 Å². The Labute approximate surface area is 194 Å². The van der Waals surface area contributed by atoms with E-state index in [-0.39, 0.29) is 6.10 Å². The summed E-state index contributed by atoms with van der Waals surface area (Å²) in [7, 11) is 0. The number of benzene rings is 1. The zero-order chi connectivity index (χ0) is 22.5. The number of ether oxygens (including phenoxy) is 2. The highest BCUT2D eigenvalue weighted by Crippen LogP contribution is 2.31. The quantitative estimate of drug-likeness (QED) is 0.490. The number of anilines is 3. The number of piperidine rings is 1. The second-order valence-electron chi connectivity index (χ2n) is 8.59. The van der Waals surface area contributed by atoms with Crippen molar-refractivity contribution in [3.05, 3.63) is 54.6 Å². The summed E-state index contributed by atoms with van der Waals surface area (Å²) in [5, 5.41) is 6.70. The van der Waals surface area contributed by atoms with Gasteiger partial charge in [-0.05, 0) is 61.3 Å². The molecule has 2 saturated heterocycles. The summed E-state index contributed by atoms with van der Waals surface area (Å²) in [6, 6.07) is 9.89. The van der Waals surface area contributed by atoms with Gasteiger partial charge in [-0.15, -0.1) is 0 Å². The zero-order valence-corrected chi connectivity index (χ0v) is 18.7. The zero-order valence-electron chi connectivity index (χ0n) is 18.7. The van der Waals surface area contributed by atoms with E-state index >= 15 is 0 Å². The Balaban J connectivity index is 1.29. The summed E-state index contributed by atoms with van der Waals surface area (Å²) >= 11 is 0. The van der Waals surface area contributed by atoms with Crippen LogP contribution >= 0.6 is 0 Å². The molecule has 0 saturated carbocycles. The predicted molar refractivity (Wildman–Crippen MR) is 129 cm³/mol. The van der Waals surface area contributed by atoms with Crippen molar-refractivity contribution >= 4 is 17.3 Å². The fraction of sp³-hybridized carbons (Fsp3) is 0.400. The number of aromatic nitrogens is 3. The lowest BCUT2D eigenvalue weighted by Gasteiger charge is -2.24. The first-order valence-corrected chi connectivity index (χ1v) is 11.6. The lowest BCUT2D eigenvalue weighted by Crippen LogP contribution is -2.27. The van der Waals surface area contributed by atoms with Crippen LogP contribution in [0.3, 0.4) is 0 Å². The van der Waals surface area contributed by atoms with E-state index in [1.807, 2.05) is 36.5 Å². The van der Waals surface area contributed by atoms with Crippen LogP contribution in [-0.2, 0) is 4.74 Å². The first-order valence-electron chi connectivity index (χ1n) is 11.6. The Morgan fingerprint density at radius 2 is 1.79 bits per heavy atom. The minimum atomic E-state index is 0.158. The molecule has 2 aromatic heterocycles. The van der Waals surface area contributed by atoms with E-state index < -0.39 is 0 Å². The molecule has 0 aliphatic carbocycles. The van der Waals surface area contributed by atoms with Gasteiger partial charge in [0.05, 0.1) is 30.8 Å². The standard InChI is InChI=1S/C25H30N6O2/c26-21-13-18(1-2-23(21)33-20-6-11-32-12-7-20)19-5-10-29-24(14-19)31-25-16-28-15-22(30-25)17-3-8-27-9-4-17/h1-2,5,10,13-17,20,27H,3-4,6-9,11-12,26H2,(H,29,30,31). The van der Waals surface area contributed by atoms with Gasteiger partial charge in [0.2, 0.25) is 0 Å². The molecule has 0 bridgehead atoms. The Morgan fingerprint density at radius 1 is 0.970 bits per heavy atom. The Bertz CT molecular complexity index is 1080. The third-order valence-corrected chi connectivity index (χ3v) is 6.23. The van der Waals surface area contributed by atoms with E-state index in [9.17, 15) is 0 Å². The number of rotatable bonds is 6. The SMILES string of the molecule is Nc1cc(-c2ccnc(Nc3cncc(C4CCNCC4)n3)c2)ccc1OC1CCOCC1. The van der Waals surface area contributed by atoms with Gasteiger partial charge in [-0.3, -0.25) is 4.98 Å². The summed E-state index contributed by atoms with van der Waals surface area (Å²) in [5.74, 6) is 2.59. The molecule has 172 valence electrons. The van der Waals surface area contributed by atoms with Crippen LogP contribution in [0.4, 0.5) is 17.3 Å². The highest BCUT2D eigenvalue weighted by molar-refractivity contribution is 5.73. The second kappa shape index (κ2) is 10.1. The van der Waals surface area contributed by atoms with Gasteiger partial charge in [0.15, 0.2) is 0 Å². The molecule has 5 rings (SSSR count). The molecule has 2 fully saturated rings. The molecule has 0 atom stereocenters. The first-order chi connectivity index (χ1) is 16.2. The maximum atomic E-state index is 6.31. The molecule has 2 aliphatic rings. The van der Waals surface area contributed by atoms with Crippen molar-refractivity contribution in [2.45, 2.75) is 37.7 Å². The van der Waals surface area contributed by atoms with Crippen LogP contribution in [0.2, 0.25) is 0 Å². The number of hydrogen-bond donors (Lipinski definition) is 3. The summed E-state index contributed by atoms with van der Waals surface area (Å²) in [6.07, 6.45) is 9.50. The number of pyridine rings is 1. The fourth-order valence-corrected chi connectivity index (χ4v) is 4.37. The summed E-state index contributed by atoms with van der Waals surface area (Å²) in [4.78, 5) is 13.6. The molecule has 1 aromatic carbocycles. The molecule has 0 unspecified atom stereocenters. The minimum absolute atomic E-state index is 0.158. The minimum Gasteiger partial charge on any atom is -0.488 e. The molecular weight excluding hydrogens is 416 g/mol. The number of hydrogen-bond acceptors (Lipinski definition) is 8. The molecule has 4 N–H and O–H groups in total. The Morgan fingerprint density at radius 3 is 2.61 bits per heavy atom. The van der Waals surface area contributed by atoms with Crippen molar-refractivity contribution in [3.8, 4) is 16.9 Å². The molecule has 8 heteroatoms. The van der Waals surface area contributed by atoms with Gasteiger partial charge in [-0.2, -0.15) is 0 Å². The Hall–Kier alpha value is -3.23. The molecule has 4 heterocycles. The highest BCUT2D eigenvalue weighted by atomic mass is 16.5. The molecule has 0 spiro atoms. The molecule has 8 nitrogen and oxygen atoms in total. The third-order valence-electron chi connectivity index (χ3n) is 6.23. The average molecular weight is 447 g/mol. The summed E-state index contributed by atoms with van der Waals surface area (Å²) < 4.78 is 11.5. The number of nitrogens with one attached hydrogen (secondary N) is 2. The van der Waals surface area contributed by atoms with Crippen LogP contribution in [0, 0.1) is 0 Å². The number of nitrogens with two attached hydrogens (primary N) is 1. The summed E-state index contributed by atoms with van der Waals surface area (Å²) in [6.45, 7) is 3.52. The molecule has 3 aromatic rings. The number of nitrogen functional groups attached to an aromatic ring is 1. The second-order valence-corrected chi connectivity index (χ2v) is 8.59. The lowest BCUT2D eigenvalue weighted by atomic mass is 9.95. The first kappa shape index (κ1) is 21.6. The lowest BCUT2D eigenvalue weighted by molar-refractivity contribution is 0.0259. The monoisotopic (exact) mass is 446 g/mol. The van der Waals surface area contributed by atoms with Gasteiger partial charge in [-0.1, -0.05) is 6.07 Å². The summed E-state index contributed by atoms with van der Waals surface area (Å²) in [5.41, 5.74) is 10.00.